The molecule has 0 bridgehead atoms. The van der Waals surface area contributed by atoms with Crippen LogP contribution >= 0.6 is 11.6 Å². The molecule has 1 aliphatic rings. The zero-order valence-corrected chi connectivity index (χ0v) is 9.91. The summed E-state index contributed by atoms with van der Waals surface area (Å²) in [5.74, 6) is 1.28. The monoisotopic (exact) mass is 241 g/mol. The topological polar surface area (TPSA) is 61.0 Å². The first kappa shape index (κ1) is 11.5. The molecule has 0 aromatic carbocycles. The molecule has 1 fully saturated rings. The molecule has 0 radical (unpaired) electrons. The van der Waals surface area contributed by atoms with Gasteiger partial charge < -0.3 is 10.5 Å². The summed E-state index contributed by atoms with van der Waals surface area (Å²) < 4.78 is 5.59. The molecule has 0 saturated heterocycles. The Hall–Kier alpha value is -1.03. The number of nitrogens with two attached hydrogens (primary N) is 1. The summed E-state index contributed by atoms with van der Waals surface area (Å²) in [7, 11) is 0. The third-order valence-corrected chi connectivity index (χ3v) is 3.07. The summed E-state index contributed by atoms with van der Waals surface area (Å²) in [5.41, 5.74) is 5.48. The van der Waals surface area contributed by atoms with E-state index in [-0.39, 0.29) is 5.95 Å². The zero-order valence-electron chi connectivity index (χ0n) is 9.16. The minimum atomic E-state index is 0.158. The highest BCUT2D eigenvalue weighted by molar-refractivity contribution is 6.29. The first-order chi connectivity index (χ1) is 7.74. The third-order valence-electron chi connectivity index (χ3n) is 2.88. The van der Waals surface area contributed by atoms with Gasteiger partial charge in [-0.25, -0.2) is 4.98 Å². The molecule has 1 aliphatic carbocycles. The van der Waals surface area contributed by atoms with Crippen molar-refractivity contribution in [3.63, 3.8) is 0 Å². The van der Waals surface area contributed by atoms with Crippen molar-refractivity contribution in [2.75, 3.05) is 12.3 Å². The van der Waals surface area contributed by atoms with Gasteiger partial charge in [-0.15, -0.1) is 0 Å². The van der Waals surface area contributed by atoms with Crippen molar-refractivity contribution in [1.29, 1.82) is 0 Å². The predicted molar refractivity (Wildman–Crippen MR) is 63.5 cm³/mol. The fourth-order valence-electron chi connectivity index (χ4n) is 2.04. The van der Waals surface area contributed by atoms with Gasteiger partial charge in [0.05, 0.1) is 6.61 Å². The molecule has 16 heavy (non-hydrogen) atoms. The average molecular weight is 242 g/mol. The largest absolute Gasteiger partial charge is 0.477 e. The van der Waals surface area contributed by atoms with Gasteiger partial charge in [0.15, 0.2) is 0 Å². The van der Waals surface area contributed by atoms with E-state index in [9.17, 15) is 0 Å². The standard InChI is InChI=1S/C11H16ClN3O/c12-9-6-10(15-11(13)14-9)16-7-8-4-2-1-3-5-8/h6,8H,1-5,7H2,(H2,13,14,15). The number of nitrogens with zero attached hydrogens (tertiary/aromatic N) is 2. The second-order valence-electron chi connectivity index (χ2n) is 4.20. The van der Waals surface area contributed by atoms with Gasteiger partial charge in [-0.1, -0.05) is 30.9 Å². The number of nitrogen functional groups attached to an aromatic ring is 1. The summed E-state index contributed by atoms with van der Waals surface area (Å²) in [5, 5.41) is 0.325. The Morgan fingerprint density at radius 3 is 2.75 bits per heavy atom. The first-order valence-electron chi connectivity index (χ1n) is 5.67. The van der Waals surface area contributed by atoms with E-state index in [1.807, 2.05) is 0 Å². The molecule has 1 aromatic rings. The predicted octanol–water partition coefficient (Wildman–Crippen LogP) is 2.67. The van der Waals surface area contributed by atoms with Gasteiger partial charge in [-0.05, 0) is 18.8 Å². The maximum atomic E-state index is 5.76. The van der Waals surface area contributed by atoms with E-state index in [4.69, 9.17) is 22.1 Å². The Labute approximate surface area is 100 Å². The molecule has 88 valence electrons. The highest BCUT2D eigenvalue weighted by Crippen LogP contribution is 2.24. The lowest BCUT2D eigenvalue weighted by Crippen LogP contribution is -2.16. The van der Waals surface area contributed by atoms with Crippen LogP contribution in [-0.4, -0.2) is 16.6 Å². The summed E-state index contributed by atoms with van der Waals surface area (Å²) in [6.45, 7) is 0.701. The lowest BCUT2D eigenvalue weighted by Gasteiger charge is -2.21. The van der Waals surface area contributed by atoms with Crippen LogP contribution in [0.4, 0.5) is 5.95 Å². The van der Waals surface area contributed by atoms with E-state index in [0.29, 0.717) is 23.6 Å². The van der Waals surface area contributed by atoms with Crippen molar-refractivity contribution < 1.29 is 4.74 Å². The molecule has 1 aromatic heterocycles. The molecular formula is C11H16ClN3O. The Balaban J connectivity index is 1.88. The molecule has 0 unspecified atom stereocenters. The number of ether oxygens (including phenoxy) is 1. The first-order valence-corrected chi connectivity index (χ1v) is 6.04. The smallest absolute Gasteiger partial charge is 0.224 e. The lowest BCUT2D eigenvalue weighted by atomic mass is 9.90. The fraction of sp³-hybridized carbons (Fsp3) is 0.636. The highest BCUT2D eigenvalue weighted by Gasteiger charge is 2.14. The Morgan fingerprint density at radius 2 is 2.06 bits per heavy atom. The minimum Gasteiger partial charge on any atom is -0.477 e. The molecule has 0 spiro atoms. The molecule has 2 N–H and O–H groups in total. The van der Waals surface area contributed by atoms with Crippen LogP contribution < -0.4 is 10.5 Å². The molecule has 1 saturated carbocycles. The number of halogens is 1. The zero-order chi connectivity index (χ0) is 11.4. The molecule has 0 amide bonds. The van der Waals surface area contributed by atoms with Crippen LogP contribution in [-0.2, 0) is 0 Å². The Morgan fingerprint density at radius 1 is 1.31 bits per heavy atom. The summed E-state index contributed by atoms with van der Waals surface area (Å²) in [4.78, 5) is 7.76. The number of aromatic nitrogens is 2. The van der Waals surface area contributed by atoms with E-state index in [0.717, 1.165) is 0 Å². The van der Waals surface area contributed by atoms with Gasteiger partial charge in [0, 0.05) is 6.07 Å². The van der Waals surface area contributed by atoms with Crippen molar-refractivity contribution in [3.8, 4) is 5.88 Å². The minimum absolute atomic E-state index is 0.158. The summed E-state index contributed by atoms with van der Waals surface area (Å²) in [6, 6.07) is 1.60. The van der Waals surface area contributed by atoms with Crippen molar-refractivity contribution in [2.45, 2.75) is 32.1 Å². The third kappa shape index (κ3) is 3.23. The summed E-state index contributed by atoms with van der Waals surface area (Å²) in [6.07, 6.45) is 6.45. The van der Waals surface area contributed by atoms with E-state index >= 15 is 0 Å². The van der Waals surface area contributed by atoms with Gasteiger partial charge in [0.25, 0.3) is 0 Å². The Bertz CT molecular complexity index is 333. The van der Waals surface area contributed by atoms with Crippen molar-refractivity contribution in [2.24, 2.45) is 5.92 Å². The second kappa shape index (κ2) is 5.34. The van der Waals surface area contributed by atoms with Gasteiger partial charge in [-0.2, -0.15) is 4.98 Å². The van der Waals surface area contributed by atoms with Crippen molar-refractivity contribution >= 4 is 17.5 Å². The molecule has 2 rings (SSSR count). The van der Waals surface area contributed by atoms with Crippen LogP contribution in [0.2, 0.25) is 5.15 Å². The normalized spacial score (nSPS) is 17.3. The quantitative estimate of drug-likeness (QED) is 0.827. The lowest BCUT2D eigenvalue weighted by molar-refractivity contribution is 0.203. The van der Waals surface area contributed by atoms with Crippen LogP contribution in [0.5, 0.6) is 5.88 Å². The molecular weight excluding hydrogens is 226 g/mol. The van der Waals surface area contributed by atoms with Crippen LogP contribution in [0.15, 0.2) is 6.07 Å². The molecule has 1 heterocycles. The number of hydrogen-bond acceptors (Lipinski definition) is 4. The van der Waals surface area contributed by atoms with Crippen LogP contribution in [0.25, 0.3) is 0 Å². The van der Waals surface area contributed by atoms with E-state index in [2.05, 4.69) is 9.97 Å². The average Bonchev–Trinajstić information content (AvgIpc) is 2.27. The van der Waals surface area contributed by atoms with Crippen LogP contribution in [0.1, 0.15) is 32.1 Å². The van der Waals surface area contributed by atoms with E-state index < -0.39 is 0 Å². The Kier molecular flexibility index (Phi) is 3.83. The molecule has 0 aliphatic heterocycles. The van der Waals surface area contributed by atoms with Gasteiger partial charge in [0.1, 0.15) is 5.15 Å². The van der Waals surface area contributed by atoms with E-state index in [1.54, 1.807) is 6.07 Å². The van der Waals surface area contributed by atoms with Crippen LogP contribution in [0, 0.1) is 5.92 Å². The maximum Gasteiger partial charge on any atom is 0.224 e. The number of rotatable bonds is 3. The molecule has 4 nitrogen and oxygen atoms in total. The maximum absolute atomic E-state index is 5.76. The van der Waals surface area contributed by atoms with Gasteiger partial charge >= 0.3 is 0 Å². The van der Waals surface area contributed by atoms with Crippen LogP contribution in [0.3, 0.4) is 0 Å². The number of anilines is 1. The molecule has 0 atom stereocenters. The van der Waals surface area contributed by atoms with Crippen molar-refractivity contribution in [3.05, 3.63) is 11.2 Å². The SMILES string of the molecule is Nc1nc(Cl)cc(OCC2CCCCC2)n1. The van der Waals surface area contributed by atoms with E-state index in [1.165, 1.54) is 32.1 Å². The van der Waals surface area contributed by atoms with Crippen molar-refractivity contribution in [1.82, 2.24) is 9.97 Å². The second-order valence-corrected chi connectivity index (χ2v) is 4.59. The number of hydrogen-bond donors (Lipinski definition) is 1. The fourth-order valence-corrected chi connectivity index (χ4v) is 2.22. The highest BCUT2D eigenvalue weighted by atomic mass is 35.5. The van der Waals surface area contributed by atoms with Gasteiger partial charge in [0.2, 0.25) is 11.8 Å². The molecule has 5 heteroatoms. The summed E-state index contributed by atoms with van der Waals surface area (Å²) >= 11 is 5.76. The van der Waals surface area contributed by atoms with Gasteiger partial charge in [-0.3, -0.25) is 0 Å².